The molecule has 108 valence electrons. The Hall–Kier alpha value is -1.35. The second kappa shape index (κ2) is 5.96. The average molecular weight is 273 g/mol. The Bertz CT molecular complexity index is 460. The summed E-state index contributed by atoms with van der Waals surface area (Å²) in [4.78, 5) is 13.1. The Morgan fingerprint density at radius 2 is 1.90 bits per heavy atom. The molecule has 1 atom stereocenters. The van der Waals surface area contributed by atoms with Gasteiger partial charge < -0.3 is 10.0 Å². The van der Waals surface area contributed by atoms with Crippen molar-refractivity contribution in [1.29, 1.82) is 0 Å². The molecule has 0 spiro atoms. The Labute approximate surface area is 120 Å². The molecular weight excluding hydrogens is 250 g/mol. The quantitative estimate of drug-likeness (QED) is 0.896. The fraction of sp³-hybridized carbons (Fsp3) is 0.588. The first kappa shape index (κ1) is 13.6. The molecule has 4 rings (SSSR count). The summed E-state index contributed by atoms with van der Waals surface area (Å²) < 4.78 is 0. The van der Waals surface area contributed by atoms with Crippen LogP contribution in [0.25, 0.3) is 0 Å². The highest BCUT2D eigenvalue weighted by atomic mass is 16.4. The summed E-state index contributed by atoms with van der Waals surface area (Å²) in [6.07, 6.45) is 4.57. The molecule has 1 N–H and O–H groups in total. The van der Waals surface area contributed by atoms with Crippen molar-refractivity contribution in [2.24, 2.45) is 5.92 Å². The van der Waals surface area contributed by atoms with Gasteiger partial charge in [-0.15, -0.1) is 0 Å². The number of hydrogen-bond donors (Lipinski definition) is 1. The number of nitrogens with zero attached hydrogens (tertiary/aromatic N) is 1. The largest absolute Gasteiger partial charge is 0.481 e. The predicted octanol–water partition coefficient (Wildman–Crippen LogP) is 2.90. The molecule has 3 heterocycles. The molecule has 3 saturated heterocycles. The maximum Gasteiger partial charge on any atom is 0.303 e. The predicted molar refractivity (Wildman–Crippen MR) is 78.9 cm³/mol. The van der Waals surface area contributed by atoms with Gasteiger partial charge in [0.2, 0.25) is 0 Å². The fourth-order valence-corrected chi connectivity index (χ4v) is 3.72. The van der Waals surface area contributed by atoms with Crippen LogP contribution in [-0.2, 0) is 11.2 Å². The molecular formula is C17H23NO2. The lowest BCUT2D eigenvalue weighted by Gasteiger charge is -2.45. The number of piperidine rings is 3. The van der Waals surface area contributed by atoms with E-state index in [1.165, 1.54) is 43.6 Å². The van der Waals surface area contributed by atoms with Crippen molar-refractivity contribution in [3.05, 3.63) is 35.4 Å². The van der Waals surface area contributed by atoms with Gasteiger partial charge in [0.05, 0.1) is 0 Å². The lowest BCUT2D eigenvalue weighted by Crippen LogP contribution is -2.46. The van der Waals surface area contributed by atoms with E-state index < -0.39 is 5.97 Å². The van der Waals surface area contributed by atoms with Crippen LogP contribution in [-0.4, -0.2) is 35.6 Å². The van der Waals surface area contributed by atoms with Crippen molar-refractivity contribution in [2.75, 3.05) is 19.6 Å². The van der Waals surface area contributed by atoms with Crippen LogP contribution < -0.4 is 0 Å². The van der Waals surface area contributed by atoms with Gasteiger partial charge in [0.25, 0.3) is 0 Å². The van der Waals surface area contributed by atoms with Crippen LogP contribution in [0.15, 0.2) is 24.3 Å². The van der Waals surface area contributed by atoms with E-state index in [2.05, 4.69) is 29.2 Å². The average Bonchev–Trinajstić information content (AvgIpc) is 2.49. The standard InChI is InChI=1S/C17H23NO2/c19-17(20)3-1-2-13-4-6-14(7-5-13)16-12-18-10-8-15(16)9-11-18/h4-7,15-16H,1-3,8-12H2,(H,19,20). The summed E-state index contributed by atoms with van der Waals surface area (Å²) in [5, 5.41) is 8.66. The zero-order valence-electron chi connectivity index (χ0n) is 11.9. The van der Waals surface area contributed by atoms with Gasteiger partial charge in [0.1, 0.15) is 0 Å². The highest BCUT2D eigenvalue weighted by molar-refractivity contribution is 5.66. The van der Waals surface area contributed by atoms with Crippen LogP contribution in [0.5, 0.6) is 0 Å². The summed E-state index contributed by atoms with van der Waals surface area (Å²) >= 11 is 0. The van der Waals surface area contributed by atoms with Crippen LogP contribution in [0.2, 0.25) is 0 Å². The Kier molecular flexibility index (Phi) is 4.06. The van der Waals surface area contributed by atoms with E-state index in [9.17, 15) is 4.79 Å². The Balaban J connectivity index is 1.60. The lowest BCUT2D eigenvalue weighted by atomic mass is 9.75. The minimum atomic E-state index is -0.700. The molecule has 3 heteroatoms. The second-order valence-electron chi connectivity index (χ2n) is 6.23. The van der Waals surface area contributed by atoms with Crippen LogP contribution in [0.1, 0.15) is 42.7 Å². The zero-order valence-corrected chi connectivity index (χ0v) is 11.9. The number of rotatable bonds is 5. The molecule has 1 unspecified atom stereocenters. The van der Waals surface area contributed by atoms with Gasteiger partial charge in [-0.1, -0.05) is 24.3 Å². The van der Waals surface area contributed by atoms with Crippen molar-refractivity contribution in [1.82, 2.24) is 4.90 Å². The van der Waals surface area contributed by atoms with Crippen molar-refractivity contribution in [3.63, 3.8) is 0 Å². The van der Waals surface area contributed by atoms with Gasteiger partial charge in [-0.05, 0) is 61.7 Å². The number of carboxylic acids is 1. The molecule has 1 aromatic carbocycles. The molecule has 0 aliphatic carbocycles. The van der Waals surface area contributed by atoms with Gasteiger partial charge in [-0.3, -0.25) is 4.79 Å². The molecule has 3 nitrogen and oxygen atoms in total. The van der Waals surface area contributed by atoms with Crippen molar-refractivity contribution in [3.8, 4) is 0 Å². The van der Waals surface area contributed by atoms with E-state index in [0.29, 0.717) is 5.92 Å². The first-order valence-electron chi connectivity index (χ1n) is 7.75. The van der Waals surface area contributed by atoms with Gasteiger partial charge >= 0.3 is 5.97 Å². The molecule has 3 fully saturated rings. The third-order valence-electron chi connectivity index (χ3n) is 4.92. The van der Waals surface area contributed by atoms with Gasteiger partial charge in [-0.2, -0.15) is 0 Å². The van der Waals surface area contributed by atoms with Crippen molar-refractivity contribution < 1.29 is 9.90 Å². The molecule has 3 aliphatic heterocycles. The normalized spacial score (nSPS) is 28.5. The van der Waals surface area contributed by atoms with Crippen molar-refractivity contribution in [2.45, 2.75) is 38.0 Å². The summed E-state index contributed by atoms with van der Waals surface area (Å²) in [6.45, 7) is 3.80. The molecule has 20 heavy (non-hydrogen) atoms. The number of carbonyl (C=O) groups is 1. The third-order valence-corrected chi connectivity index (χ3v) is 4.92. The van der Waals surface area contributed by atoms with E-state index in [0.717, 1.165) is 18.8 Å². The number of aryl methyl sites for hydroxylation is 1. The molecule has 3 aliphatic rings. The second-order valence-corrected chi connectivity index (χ2v) is 6.23. The van der Waals surface area contributed by atoms with Gasteiger partial charge in [0, 0.05) is 13.0 Å². The highest BCUT2D eigenvalue weighted by Gasteiger charge is 2.34. The van der Waals surface area contributed by atoms with E-state index in [4.69, 9.17) is 5.11 Å². The number of fused-ring (bicyclic) bond motifs is 3. The highest BCUT2D eigenvalue weighted by Crippen LogP contribution is 2.38. The van der Waals surface area contributed by atoms with E-state index in [1.807, 2.05) is 0 Å². The minimum absolute atomic E-state index is 0.265. The molecule has 2 bridgehead atoms. The smallest absolute Gasteiger partial charge is 0.303 e. The topological polar surface area (TPSA) is 40.5 Å². The number of hydrogen-bond acceptors (Lipinski definition) is 2. The first-order valence-corrected chi connectivity index (χ1v) is 7.75. The SMILES string of the molecule is O=C(O)CCCc1ccc(C2CN3CCC2CC3)cc1. The zero-order chi connectivity index (χ0) is 13.9. The number of carboxylic acid groups (broad SMARTS) is 1. The Morgan fingerprint density at radius 1 is 1.20 bits per heavy atom. The van der Waals surface area contributed by atoms with Gasteiger partial charge in [-0.25, -0.2) is 0 Å². The summed E-state index contributed by atoms with van der Waals surface area (Å²) in [7, 11) is 0. The molecule has 0 amide bonds. The van der Waals surface area contributed by atoms with E-state index in [-0.39, 0.29) is 6.42 Å². The van der Waals surface area contributed by atoms with E-state index in [1.54, 1.807) is 0 Å². The maximum atomic E-state index is 10.5. The number of benzene rings is 1. The monoisotopic (exact) mass is 273 g/mol. The summed E-state index contributed by atoms with van der Waals surface area (Å²) in [5.74, 6) is 0.886. The van der Waals surface area contributed by atoms with Crippen LogP contribution in [0, 0.1) is 5.92 Å². The molecule has 0 aromatic heterocycles. The van der Waals surface area contributed by atoms with E-state index >= 15 is 0 Å². The fourth-order valence-electron chi connectivity index (χ4n) is 3.72. The Morgan fingerprint density at radius 3 is 2.45 bits per heavy atom. The summed E-state index contributed by atoms with van der Waals surface area (Å²) in [5.41, 5.74) is 2.73. The lowest BCUT2D eigenvalue weighted by molar-refractivity contribution is -0.137. The molecule has 0 radical (unpaired) electrons. The van der Waals surface area contributed by atoms with Gasteiger partial charge in [0.15, 0.2) is 0 Å². The van der Waals surface area contributed by atoms with Crippen LogP contribution in [0.4, 0.5) is 0 Å². The van der Waals surface area contributed by atoms with Crippen LogP contribution in [0.3, 0.4) is 0 Å². The number of aliphatic carboxylic acids is 1. The molecule has 0 saturated carbocycles. The van der Waals surface area contributed by atoms with Crippen LogP contribution >= 0.6 is 0 Å². The third kappa shape index (κ3) is 3.04. The minimum Gasteiger partial charge on any atom is -0.481 e. The summed E-state index contributed by atoms with van der Waals surface area (Å²) in [6, 6.07) is 8.91. The molecule has 1 aromatic rings. The maximum absolute atomic E-state index is 10.5. The first-order chi connectivity index (χ1) is 9.72. The van der Waals surface area contributed by atoms with Crippen molar-refractivity contribution >= 4 is 5.97 Å².